The summed E-state index contributed by atoms with van der Waals surface area (Å²) in [5.74, 6) is 0.749. The summed E-state index contributed by atoms with van der Waals surface area (Å²) in [5, 5.41) is 5.83. The Balaban J connectivity index is 2.48. The second-order valence-corrected chi connectivity index (χ2v) is 6.36. The van der Waals surface area contributed by atoms with Gasteiger partial charge in [0.15, 0.2) is 0 Å². The van der Waals surface area contributed by atoms with E-state index in [4.69, 9.17) is 0 Å². The minimum Gasteiger partial charge on any atom is -0.313 e. The van der Waals surface area contributed by atoms with E-state index in [2.05, 4.69) is 57.4 Å². The highest BCUT2D eigenvalue weighted by Crippen LogP contribution is 2.27. The van der Waals surface area contributed by atoms with Gasteiger partial charge in [-0.2, -0.15) is 0 Å². The third-order valence-corrected chi connectivity index (χ3v) is 4.79. The molecule has 1 rings (SSSR count). The van der Waals surface area contributed by atoms with Crippen LogP contribution in [0.2, 0.25) is 0 Å². The summed E-state index contributed by atoms with van der Waals surface area (Å²) < 4.78 is 0. The minimum atomic E-state index is 0.246. The third kappa shape index (κ3) is 3.60. The highest BCUT2D eigenvalue weighted by molar-refractivity contribution is 7.10. The van der Waals surface area contributed by atoms with Crippen molar-refractivity contribution in [1.82, 2.24) is 5.32 Å². The van der Waals surface area contributed by atoms with Crippen LogP contribution in [0.25, 0.3) is 0 Å². The smallest absolute Gasteiger partial charge is 0.0115 e. The summed E-state index contributed by atoms with van der Waals surface area (Å²) in [6.07, 6.45) is 1.24. The molecule has 2 atom stereocenters. The first-order valence-corrected chi connectivity index (χ1v) is 7.12. The van der Waals surface area contributed by atoms with E-state index in [1.54, 1.807) is 0 Å². The number of hydrogen-bond donors (Lipinski definition) is 1. The number of hydrogen-bond acceptors (Lipinski definition) is 2. The molecule has 0 aliphatic carbocycles. The topological polar surface area (TPSA) is 12.0 Å². The summed E-state index contributed by atoms with van der Waals surface area (Å²) in [6.45, 7) is 12.5. The standard InChI is InChI=1S/C14H25NS/c1-6-11(2)12(3)15-10-14(4,5)13-8-7-9-16-13/h7-9,11-12,15H,6,10H2,1-5H3. The summed E-state index contributed by atoms with van der Waals surface area (Å²) in [5.41, 5.74) is 0.246. The molecule has 92 valence electrons. The van der Waals surface area contributed by atoms with Crippen LogP contribution in [0.4, 0.5) is 0 Å². The molecule has 1 aromatic rings. The van der Waals surface area contributed by atoms with Crippen LogP contribution in [-0.4, -0.2) is 12.6 Å². The second kappa shape index (κ2) is 5.83. The molecule has 0 radical (unpaired) electrons. The third-order valence-electron chi connectivity index (χ3n) is 3.55. The zero-order valence-corrected chi connectivity index (χ0v) is 12.0. The SMILES string of the molecule is CCC(C)C(C)NCC(C)(C)c1cccs1. The lowest BCUT2D eigenvalue weighted by Crippen LogP contribution is -2.40. The van der Waals surface area contributed by atoms with Crippen LogP contribution in [0.15, 0.2) is 17.5 Å². The van der Waals surface area contributed by atoms with Gasteiger partial charge < -0.3 is 5.32 Å². The van der Waals surface area contributed by atoms with Crippen molar-refractivity contribution >= 4 is 11.3 Å². The van der Waals surface area contributed by atoms with Gasteiger partial charge in [0.25, 0.3) is 0 Å². The van der Waals surface area contributed by atoms with E-state index in [9.17, 15) is 0 Å². The largest absolute Gasteiger partial charge is 0.313 e. The lowest BCUT2D eigenvalue weighted by Gasteiger charge is -2.28. The number of nitrogens with one attached hydrogen (secondary N) is 1. The van der Waals surface area contributed by atoms with Crippen molar-refractivity contribution in [1.29, 1.82) is 0 Å². The van der Waals surface area contributed by atoms with E-state index in [1.807, 2.05) is 11.3 Å². The summed E-state index contributed by atoms with van der Waals surface area (Å²) in [7, 11) is 0. The van der Waals surface area contributed by atoms with Gasteiger partial charge in [0.05, 0.1) is 0 Å². The quantitative estimate of drug-likeness (QED) is 0.789. The Morgan fingerprint density at radius 2 is 2.06 bits per heavy atom. The van der Waals surface area contributed by atoms with Crippen LogP contribution in [-0.2, 0) is 5.41 Å². The highest BCUT2D eigenvalue weighted by Gasteiger charge is 2.22. The van der Waals surface area contributed by atoms with Crippen LogP contribution in [0.3, 0.4) is 0 Å². The predicted octanol–water partition coefficient (Wildman–Crippen LogP) is 4.05. The molecule has 0 spiro atoms. The molecule has 2 heteroatoms. The number of rotatable bonds is 6. The molecule has 0 fully saturated rings. The molecule has 1 nitrogen and oxygen atoms in total. The lowest BCUT2D eigenvalue weighted by molar-refractivity contribution is 0.354. The molecule has 0 aliphatic heterocycles. The fraction of sp³-hybridized carbons (Fsp3) is 0.714. The molecule has 1 heterocycles. The van der Waals surface area contributed by atoms with Gasteiger partial charge in [-0.25, -0.2) is 0 Å². The summed E-state index contributed by atoms with van der Waals surface area (Å²) in [4.78, 5) is 1.47. The molecule has 1 aromatic heterocycles. The van der Waals surface area contributed by atoms with Crippen molar-refractivity contribution in [3.63, 3.8) is 0 Å². The van der Waals surface area contributed by atoms with E-state index in [0.29, 0.717) is 6.04 Å². The predicted molar refractivity (Wildman–Crippen MR) is 74.3 cm³/mol. The zero-order valence-electron chi connectivity index (χ0n) is 11.2. The molecular formula is C14H25NS. The lowest BCUT2D eigenvalue weighted by atomic mass is 9.90. The van der Waals surface area contributed by atoms with Crippen LogP contribution in [0.5, 0.6) is 0 Å². The van der Waals surface area contributed by atoms with Gasteiger partial charge in [-0.3, -0.25) is 0 Å². The maximum atomic E-state index is 3.67. The van der Waals surface area contributed by atoms with Crippen LogP contribution in [0, 0.1) is 5.92 Å². The van der Waals surface area contributed by atoms with Gasteiger partial charge in [0, 0.05) is 22.9 Å². The van der Waals surface area contributed by atoms with Gasteiger partial charge in [0.1, 0.15) is 0 Å². The van der Waals surface area contributed by atoms with Crippen LogP contribution < -0.4 is 5.32 Å². The molecule has 0 aromatic carbocycles. The Kier molecular flexibility index (Phi) is 5.00. The second-order valence-electron chi connectivity index (χ2n) is 5.42. The van der Waals surface area contributed by atoms with Gasteiger partial charge in [-0.15, -0.1) is 11.3 Å². The van der Waals surface area contributed by atoms with E-state index in [1.165, 1.54) is 11.3 Å². The van der Waals surface area contributed by atoms with Crippen molar-refractivity contribution in [2.24, 2.45) is 5.92 Å². The molecule has 2 unspecified atom stereocenters. The molecule has 0 bridgehead atoms. The van der Waals surface area contributed by atoms with Crippen LogP contribution in [0.1, 0.15) is 45.9 Å². The fourth-order valence-corrected chi connectivity index (χ4v) is 2.57. The van der Waals surface area contributed by atoms with Gasteiger partial charge in [-0.1, -0.05) is 40.2 Å². The molecule has 1 N–H and O–H groups in total. The van der Waals surface area contributed by atoms with Crippen molar-refractivity contribution in [3.05, 3.63) is 22.4 Å². The van der Waals surface area contributed by atoms with Gasteiger partial charge in [-0.05, 0) is 24.3 Å². The van der Waals surface area contributed by atoms with E-state index in [-0.39, 0.29) is 5.41 Å². The average molecular weight is 239 g/mol. The normalized spacial score (nSPS) is 16.1. The molecule has 0 aliphatic rings. The van der Waals surface area contributed by atoms with Crippen molar-refractivity contribution in [3.8, 4) is 0 Å². The first kappa shape index (κ1) is 13.7. The molecule has 16 heavy (non-hydrogen) atoms. The Morgan fingerprint density at radius 1 is 1.38 bits per heavy atom. The first-order chi connectivity index (χ1) is 7.47. The molecule has 0 saturated carbocycles. The highest BCUT2D eigenvalue weighted by atomic mass is 32.1. The average Bonchev–Trinajstić information content (AvgIpc) is 2.78. The summed E-state index contributed by atoms with van der Waals surface area (Å²) in [6, 6.07) is 4.98. The van der Waals surface area contributed by atoms with Crippen LogP contribution >= 0.6 is 11.3 Å². The monoisotopic (exact) mass is 239 g/mol. The first-order valence-electron chi connectivity index (χ1n) is 6.24. The molecular weight excluding hydrogens is 214 g/mol. The summed E-state index contributed by atoms with van der Waals surface area (Å²) >= 11 is 1.86. The van der Waals surface area contributed by atoms with E-state index in [0.717, 1.165) is 12.5 Å². The Morgan fingerprint density at radius 3 is 2.56 bits per heavy atom. The Labute approximate surface area is 104 Å². The van der Waals surface area contributed by atoms with Crippen molar-refractivity contribution in [2.75, 3.05) is 6.54 Å². The van der Waals surface area contributed by atoms with Crippen molar-refractivity contribution in [2.45, 2.75) is 52.5 Å². The zero-order chi connectivity index (χ0) is 12.2. The fourth-order valence-electron chi connectivity index (χ4n) is 1.72. The van der Waals surface area contributed by atoms with E-state index >= 15 is 0 Å². The maximum absolute atomic E-state index is 3.67. The Hall–Kier alpha value is -0.340. The minimum absolute atomic E-state index is 0.246. The maximum Gasteiger partial charge on any atom is 0.0115 e. The molecule has 0 amide bonds. The van der Waals surface area contributed by atoms with Gasteiger partial charge >= 0.3 is 0 Å². The Bertz CT molecular complexity index is 290. The van der Waals surface area contributed by atoms with E-state index < -0.39 is 0 Å². The number of thiophene rings is 1. The van der Waals surface area contributed by atoms with Crippen molar-refractivity contribution < 1.29 is 0 Å². The molecule has 0 saturated heterocycles. The van der Waals surface area contributed by atoms with Gasteiger partial charge in [0.2, 0.25) is 0 Å².